The van der Waals surface area contributed by atoms with E-state index < -0.39 is 23.5 Å². The molecule has 0 heterocycles. The van der Waals surface area contributed by atoms with Gasteiger partial charge in [0.25, 0.3) is 0 Å². The lowest BCUT2D eigenvalue weighted by molar-refractivity contribution is -0.138. The van der Waals surface area contributed by atoms with E-state index in [1.54, 1.807) is 6.26 Å². The van der Waals surface area contributed by atoms with Crippen molar-refractivity contribution in [3.05, 3.63) is 59.7 Å². The van der Waals surface area contributed by atoms with Gasteiger partial charge in [-0.2, -0.15) is 38.1 Å². The molecule has 0 aromatic heterocycles. The van der Waals surface area contributed by atoms with Crippen molar-refractivity contribution in [2.45, 2.75) is 12.4 Å². The topological polar surface area (TPSA) is 55.1 Å². The van der Waals surface area contributed by atoms with Gasteiger partial charge in [-0.1, -0.05) is 12.1 Å². The molecule has 0 aliphatic carbocycles. The molecule has 0 atom stereocenters. The van der Waals surface area contributed by atoms with Gasteiger partial charge in [-0.15, -0.1) is 0 Å². The van der Waals surface area contributed by atoms with E-state index in [1.165, 1.54) is 36.0 Å². The minimum absolute atomic E-state index is 0.125. The van der Waals surface area contributed by atoms with Crippen LogP contribution in [0.1, 0.15) is 11.1 Å². The molecule has 0 saturated heterocycles. The normalized spacial score (nSPS) is 11.4. The second-order valence-corrected chi connectivity index (χ2v) is 6.05. The van der Waals surface area contributed by atoms with Gasteiger partial charge in [-0.05, 0) is 42.7 Å². The van der Waals surface area contributed by atoms with E-state index in [0.717, 1.165) is 24.3 Å². The van der Waals surface area contributed by atoms with Crippen molar-refractivity contribution in [2.24, 2.45) is 0 Å². The Balaban J connectivity index is 0.000000289. The highest BCUT2D eigenvalue weighted by atomic mass is 32.2. The minimum atomic E-state index is -4.39. The number of carbonyl (C=O) groups is 1. The van der Waals surface area contributed by atoms with Gasteiger partial charge >= 0.3 is 12.4 Å². The third-order valence-corrected chi connectivity index (χ3v) is 3.51. The Morgan fingerprint density at radius 2 is 1.48 bits per heavy atom. The lowest BCUT2D eigenvalue weighted by Crippen LogP contribution is -2.14. The second-order valence-electron chi connectivity index (χ2n) is 5.18. The van der Waals surface area contributed by atoms with Crippen molar-refractivity contribution in [2.75, 3.05) is 23.1 Å². The molecule has 27 heavy (non-hydrogen) atoms. The number of anilines is 2. The fourth-order valence-electron chi connectivity index (χ4n) is 1.82. The monoisotopic (exact) mass is 410 g/mol. The van der Waals surface area contributed by atoms with Crippen LogP contribution in [0.2, 0.25) is 0 Å². The SMILES string of the molecule is CSCC(=O)Nc1cccc(C(F)(F)F)c1.Nc1cccc(C(F)(F)F)c1. The summed E-state index contributed by atoms with van der Waals surface area (Å²) in [5.41, 5.74) is 3.96. The number of hydrogen-bond acceptors (Lipinski definition) is 3. The molecule has 2 aromatic carbocycles. The van der Waals surface area contributed by atoms with E-state index in [2.05, 4.69) is 5.32 Å². The average molecular weight is 410 g/mol. The van der Waals surface area contributed by atoms with Gasteiger partial charge in [0.1, 0.15) is 0 Å². The first-order chi connectivity index (χ1) is 12.4. The van der Waals surface area contributed by atoms with E-state index in [4.69, 9.17) is 5.73 Å². The highest BCUT2D eigenvalue weighted by Gasteiger charge is 2.31. The maximum Gasteiger partial charge on any atom is 0.416 e. The number of nitrogens with two attached hydrogens (primary N) is 1. The maximum absolute atomic E-state index is 12.3. The first kappa shape index (κ1) is 22.7. The molecule has 0 spiro atoms. The van der Waals surface area contributed by atoms with Crippen molar-refractivity contribution < 1.29 is 31.1 Å². The molecule has 0 radical (unpaired) electrons. The molecule has 2 rings (SSSR count). The number of rotatable bonds is 3. The Morgan fingerprint density at radius 3 is 1.93 bits per heavy atom. The van der Waals surface area contributed by atoms with Gasteiger partial charge in [0.2, 0.25) is 5.91 Å². The average Bonchev–Trinajstić information content (AvgIpc) is 2.54. The van der Waals surface area contributed by atoms with E-state index in [9.17, 15) is 31.1 Å². The number of benzene rings is 2. The highest BCUT2D eigenvalue weighted by molar-refractivity contribution is 7.99. The lowest BCUT2D eigenvalue weighted by Gasteiger charge is -2.09. The van der Waals surface area contributed by atoms with E-state index in [-0.39, 0.29) is 23.0 Å². The van der Waals surface area contributed by atoms with Crippen molar-refractivity contribution in [1.82, 2.24) is 0 Å². The Bertz CT molecular complexity index is 762. The van der Waals surface area contributed by atoms with Crippen LogP contribution in [-0.4, -0.2) is 17.9 Å². The largest absolute Gasteiger partial charge is 0.416 e. The van der Waals surface area contributed by atoms with Crippen molar-refractivity contribution >= 4 is 29.0 Å². The number of nitrogen functional groups attached to an aromatic ring is 1. The summed E-state index contributed by atoms with van der Waals surface area (Å²) in [6, 6.07) is 9.14. The molecule has 0 saturated carbocycles. The molecule has 0 unspecified atom stereocenters. The number of alkyl halides is 6. The van der Waals surface area contributed by atoms with Crippen LogP contribution in [0.25, 0.3) is 0 Å². The summed E-state index contributed by atoms with van der Waals surface area (Å²) in [4.78, 5) is 11.2. The summed E-state index contributed by atoms with van der Waals surface area (Å²) in [7, 11) is 0. The van der Waals surface area contributed by atoms with Gasteiger partial charge in [0.15, 0.2) is 0 Å². The van der Waals surface area contributed by atoms with Gasteiger partial charge in [0.05, 0.1) is 16.9 Å². The summed E-state index contributed by atoms with van der Waals surface area (Å²) in [6.07, 6.45) is -6.94. The van der Waals surface area contributed by atoms with E-state index >= 15 is 0 Å². The summed E-state index contributed by atoms with van der Waals surface area (Å²) < 4.78 is 72.7. The number of carbonyl (C=O) groups excluding carboxylic acids is 1. The molecule has 0 aliphatic heterocycles. The first-order valence-electron chi connectivity index (χ1n) is 7.32. The molecule has 3 nitrogen and oxygen atoms in total. The molecule has 3 N–H and O–H groups in total. The van der Waals surface area contributed by atoms with E-state index in [1.807, 2.05) is 0 Å². The first-order valence-corrected chi connectivity index (χ1v) is 8.71. The zero-order valence-electron chi connectivity index (χ0n) is 14.0. The van der Waals surface area contributed by atoms with E-state index in [0.29, 0.717) is 0 Å². The molecule has 148 valence electrons. The molecule has 10 heteroatoms. The maximum atomic E-state index is 12.3. The third-order valence-electron chi connectivity index (χ3n) is 2.96. The molecular weight excluding hydrogens is 394 g/mol. The predicted molar refractivity (Wildman–Crippen MR) is 94.3 cm³/mol. The molecule has 0 fully saturated rings. The van der Waals surface area contributed by atoms with Crippen LogP contribution in [0.4, 0.5) is 37.7 Å². The number of hydrogen-bond donors (Lipinski definition) is 2. The van der Waals surface area contributed by atoms with Crippen LogP contribution >= 0.6 is 11.8 Å². The highest BCUT2D eigenvalue weighted by Crippen LogP contribution is 2.31. The lowest BCUT2D eigenvalue weighted by atomic mass is 10.2. The Kier molecular flexibility index (Phi) is 8.01. The van der Waals surface area contributed by atoms with Gasteiger partial charge in [-0.25, -0.2) is 0 Å². The van der Waals surface area contributed by atoms with Crippen molar-refractivity contribution in [3.63, 3.8) is 0 Å². The van der Waals surface area contributed by atoms with Crippen LogP contribution in [0.15, 0.2) is 48.5 Å². The molecule has 1 amide bonds. The zero-order valence-corrected chi connectivity index (χ0v) is 14.8. The Labute approximate surface area is 155 Å². The van der Waals surface area contributed by atoms with Crippen molar-refractivity contribution in [3.8, 4) is 0 Å². The van der Waals surface area contributed by atoms with Gasteiger partial charge in [-0.3, -0.25) is 4.79 Å². The quantitative estimate of drug-likeness (QED) is 0.534. The van der Waals surface area contributed by atoms with Crippen LogP contribution in [0.5, 0.6) is 0 Å². The second kappa shape index (κ2) is 9.54. The standard InChI is InChI=1S/C10H10F3NOS.C7H6F3N/c1-16-6-9(15)14-8-4-2-3-7(5-8)10(11,12)13;8-7(9,10)5-2-1-3-6(11)4-5/h2-5H,6H2,1H3,(H,14,15);1-4H,11H2. The summed E-state index contributed by atoms with van der Waals surface area (Å²) in [6.45, 7) is 0. The fraction of sp³-hybridized carbons (Fsp3) is 0.235. The number of amides is 1. The summed E-state index contributed by atoms with van der Waals surface area (Å²) in [5, 5.41) is 2.40. The fourth-order valence-corrected chi connectivity index (χ4v) is 2.15. The molecular formula is C17H16F6N2OS. The van der Waals surface area contributed by atoms with Crippen molar-refractivity contribution in [1.29, 1.82) is 0 Å². The van der Waals surface area contributed by atoms with Crippen LogP contribution in [0, 0.1) is 0 Å². The van der Waals surface area contributed by atoms with Crippen LogP contribution < -0.4 is 11.1 Å². The summed E-state index contributed by atoms with van der Waals surface area (Å²) in [5.74, 6) is -0.0946. The van der Waals surface area contributed by atoms with Gasteiger partial charge in [0, 0.05) is 11.4 Å². The number of thioether (sulfide) groups is 1. The van der Waals surface area contributed by atoms with Gasteiger partial charge < -0.3 is 11.1 Å². The Morgan fingerprint density at radius 1 is 0.963 bits per heavy atom. The summed E-state index contributed by atoms with van der Waals surface area (Å²) >= 11 is 1.30. The zero-order chi connectivity index (χ0) is 20.7. The molecule has 0 aliphatic rings. The van der Waals surface area contributed by atoms with Crippen LogP contribution in [-0.2, 0) is 17.1 Å². The predicted octanol–water partition coefficient (Wildman–Crippen LogP) is 5.29. The van der Waals surface area contributed by atoms with Crippen LogP contribution in [0.3, 0.4) is 0 Å². The molecule has 2 aromatic rings. The number of nitrogens with one attached hydrogen (secondary N) is 1. The third kappa shape index (κ3) is 8.25. The number of halogens is 6. The minimum Gasteiger partial charge on any atom is -0.399 e. The smallest absolute Gasteiger partial charge is 0.399 e. The molecule has 0 bridgehead atoms. The Hall–Kier alpha value is -2.36.